The van der Waals surface area contributed by atoms with Crippen LogP contribution in [0.5, 0.6) is 11.5 Å². The largest absolute Gasteiger partial charge is 0.494 e. The van der Waals surface area contributed by atoms with Crippen molar-refractivity contribution < 1.29 is 22.7 Å². The fraction of sp³-hybridized carbons (Fsp3) is 0.333. The molecule has 0 unspecified atom stereocenters. The van der Waals surface area contributed by atoms with Crippen LogP contribution in [0.3, 0.4) is 0 Å². The van der Waals surface area contributed by atoms with Crippen LogP contribution in [0.15, 0.2) is 53.6 Å². The summed E-state index contributed by atoms with van der Waals surface area (Å²) >= 11 is 0. The third-order valence-corrected chi connectivity index (χ3v) is 4.92. The highest BCUT2D eigenvalue weighted by molar-refractivity contribution is 7.92. The molecule has 0 saturated carbocycles. The predicted octanol–water partition coefficient (Wildman–Crippen LogP) is 2.79. The van der Waals surface area contributed by atoms with E-state index in [-0.39, 0.29) is 6.10 Å². The SMILES string of the molecule is CCOc1ccc(N(CC(=O)N/N=C\c2ccc(OC(C)C)cc2)S(C)(=O)=O)cc1. The molecular weight excluding hydrogens is 406 g/mol. The molecule has 162 valence electrons. The summed E-state index contributed by atoms with van der Waals surface area (Å²) in [5.41, 5.74) is 3.47. The van der Waals surface area contributed by atoms with Gasteiger partial charge in [-0.15, -0.1) is 0 Å². The van der Waals surface area contributed by atoms with Crippen molar-refractivity contribution >= 4 is 27.8 Å². The first-order chi connectivity index (χ1) is 14.2. The molecule has 2 rings (SSSR count). The van der Waals surface area contributed by atoms with Crippen molar-refractivity contribution in [2.45, 2.75) is 26.9 Å². The van der Waals surface area contributed by atoms with Gasteiger partial charge in [0.2, 0.25) is 10.0 Å². The van der Waals surface area contributed by atoms with Gasteiger partial charge < -0.3 is 9.47 Å². The standard InChI is InChI=1S/C21H27N3O5S/c1-5-28-19-12-8-18(9-13-19)24(30(4,26)27)15-21(25)23-22-14-17-6-10-20(11-7-17)29-16(2)3/h6-14,16H,5,15H2,1-4H3,(H,23,25)/b22-14-. The summed E-state index contributed by atoms with van der Waals surface area (Å²) in [6, 6.07) is 13.7. The van der Waals surface area contributed by atoms with Crippen molar-refractivity contribution in [2.75, 3.05) is 23.7 Å². The molecule has 0 heterocycles. The third kappa shape index (κ3) is 7.40. The molecule has 0 aliphatic rings. The molecular formula is C21H27N3O5S. The quantitative estimate of drug-likeness (QED) is 0.459. The highest BCUT2D eigenvalue weighted by Gasteiger charge is 2.20. The third-order valence-electron chi connectivity index (χ3n) is 3.78. The summed E-state index contributed by atoms with van der Waals surface area (Å²) in [7, 11) is -3.66. The number of amides is 1. The van der Waals surface area contributed by atoms with Crippen LogP contribution in [0.4, 0.5) is 5.69 Å². The number of carbonyl (C=O) groups is 1. The smallest absolute Gasteiger partial charge is 0.260 e. The lowest BCUT2D eigenvalue weighted by Gasteiger charge is -2.21. The maximum Gasteiger partial charge on any atom is 0.260 e. The van der Waals surface area contributed by atoms with Crippen LogP contribution in [-0.2, 0) is 14.8 Å². The number of benzene rings is 2. The summed E-state index contributed by atoms with van der Waals surface area (Å²) in [6.07, 6.45) is 2.59. The van der Waals surface area contributed by atoms with Crippen molar-refractivity contribution in [3.8, 4) is 11.5 Å². The van der Waals surface area contributed by atoms with E-state index in [0.29, 0.717) is 18.0 Å². The van der Waals surface area contributed by atoms with Gasteiger partial charge in [-0.1, -0.05) is 0 Å². The Morgan fingerprint density at radius 3 is 2.23 bits per heavy atom. The molecule has 0 bridgehead atoms. The molecule has 0 spiro atoms. The second-order valence-corrected chi connectivity index (χ2v) is 8.63. The molecule has 0 aliphatic carbocycles. The number of hydrogen-bond acceptors (Lipinski definition) is 6. The molecule has 0 atom stereocenters. The van der Waals surface area contributed by atoms with Gasteiger partial charge in [0.25, 0.3) is 5.91 Å². The van der Waals surface area contributed by atoms with E-state index in [1.807, 2.05) is 20.8 Å². The molecule has 0 saturated heterocycles. The normalized spacial score (nSPS) is 11.5. The summed E-state index contributed by atoms with van der Waals surface area (Å²) in [6.45, 7) is 5.85. The second-order valence-electron chi connectivity index (χ2n) is 6.73. The molecule has 0 fully saturated rings. The van der Waals surface area contributed by atoms with Crippen LogP contribution < -0.4 is 19.2 Å². The first-order valence-electron chi connectivity index (χ1n) is 9.48. The van der Waals surface area contributed by atoms with Gasteiger partial charge in [-0.2, -0.15) is 5.10 Å². The molecule has 9 heteroatoms. The minimum Gasteiger partial charge on any atom is -0.494 e. The first-order valence-corrected chi connectivity index (χ1v) is 11.3. The van der Waals surface area contributed by atoms with Crippen LogP contribution in [0.25, 0.3) is 0 Å². The zero-order valence-corrected chi connectivity index (χ0v) is 18.3. The number of hydrazone groups is 1. The van der Waals surface area contributed by atoms with E-state index in [1.54, 1.807) is 48.5 Å². The van der Waals surface area contributed by atoms with Gasteiger partial charge in [0.15, 0.2) is 0 Å². The summed E-state index contributed by atoms with van der Waals surface area (Å²) in [5, 5.41) is 3.89. The van der Waals surface area contributed by atoms with E-state index in [2.05, 4.69) is 10.5 Å². The lowest BCUT2D eigenvalue weighted by molar-refractivity contribution is -0.119. The van der Waals surface area contributed by atoms with E-state index in [4.69, 9.17) is 9.47 Å². The Morgan fingerprint density at radius 1 is 1.10 bits per heavy atom. The Balaban J connectivity index is 2.00. The number of anilines is 1. The van der Waals surface area contributed by atoms with Crippen molar-refractivity contribution in [3.05, 3.63) is 54.1 Å². The monoisotopic (exact) mass is 433 g/mol. The summed E-state index contributed by atoms with van der Waals surface area (Å²) in [4.78, 5) is 12.2. The molecule has 0 radical (unpaired) electrons. The highest BCUT2D eigenvalue weighted by Crippen LogP contribution is 2.21. The molecule has 0 aliphatic heterocycles. The molecule has 30 heavy (non-hydrogen) atoms. The molecule has 0 aromatic heterocycles. The van der Waals surface area contributed by atoms with E-state index in [9.17, 15) is 13.2 Å². The van der Waals surface area contributed by atoms with Crippen LogP contribution in [-0.4, -0.2) is 46.1 Å². The van der Waals surface area contributed by atoms with Gasteiger partial charge in [-0.3, -0.25) is 9.10 Å². The Morgan fingerprint density at radius 2 is 1.70 bits per heavy atom. The van der Waals surface area contributed by atoms with Gasteiger partial charge in [0.05, 0.1) is 30.9 Å². The molecule has 1 N–H and O–H groups in total. The van der Waals surface area contributed by atoms with E-state index < -0.39 is 22.5 Å². The van der Waals surface area contributed by atoms with Gasteiger partial charge in [0, 0.05) is 0 Å². The molecule has 1 amide bonds. The number of nitrogens with zero attached hydrogens (tertiary/aromatic N) is 2. The van der Waals surface area contributed by atoms with Gasteiger partial charge >= 0.3 is 0 Å². The van der Waals surface area contributed by atoms with Crippen LogP contribution in [0.1, 0.15) is 26.3 Å². The second kappa shape index (κ2) is 10.6. The average molecular weight is 434 g/mol. The lowest BCUT2D eigenvalue weighted by atomic mass is 10.2. The molecule has 2 aromatic carbocycles. The number of sulfonamides is 1. The van der Waals surface area contributed by atoms with Crippen molar-refractivity contribution in [1.82, 2.24) is 5.43 Å². The van der Waals surface area contributed by atoms with Crippen molar-refractivity contribution in [3.63, 3.8) is 0 Å². The summed E-state index contributed by atoms with van der Waals surface area (Å²) < 4.78 is 36.2. The number of nitrogens with one attached hydrogen (secondary N) is 1. The summed E-state index contributed by atoms with van der Waals surface area (Å²) in [5.74, 6) is 0.796. The van der Waals surface area contributed by atoms with E-state index in [0.717, 1.165) is 21.9 Å². The first kappa shape index (κ1) is 23.2. The zero-order valence-electron chi connectivity index (χ0n) is 17.5. The van der Waals surface area contributed by atoms with Gasteiger partial charge in [-0.25, -0.2) is 13.8 Å². The van der Waals surface area contributed by atoms with E-state index in [1.165, 1.54) is 6.21 Å². The number of rotatable bonds is 10. The van der Waals surface area contributed by atoms with Crippen molar-refractivity contribution in [2.24, 2.45) is 5.10 Å². The Bertz CT molecular complexity index is 955. The molecule has 2 aromatic rings. The van der Waals surface area contributed by atoms with Gasteiger partial charge in [0.1, 0.15) is 18.0 Å². The predicted molar refractivity (Wildman–Crippen MR) is 118 cm³/mol. The molecule has 8 nitrogen and oxygen atoms in total. The van der Waals surface area contributed by atoms with Gasteiger partial charge in [-0.05, 0) is 74.9 Å². The number of hydrogen-bond donors (Lipinski definition) is 1. The maximum atomic E-state index is 12.2. The van der Waals surface area contributed by atoms with Crippen LogP contribution in [0, 0.1) is 0 Å². The number of ether oxygens (including phenoxy) is 2. The minimum absolute atomic E-state index is 0.0805. The maximum absolute atomic E-state index is 12.2. The Kier molecular flexibility index (Phi) is 8.23. The fourth-order valence-electron chi connectivity index (χ4n) is 2.52. The minimum atomic E-state index is -3.66. The van der Waals surface area contributed by atoms with Crippen LogP contribution in [0.2, 0.25) is 0 Å². The van der Waals surface area contributed by atoms with Crippen LogP contribution >= 0.6 is 0 Å². The highest BCUT2D eigenvalue weighted by atomic mass is 32.2. The number of carbonyl (C=O) groups excluding carboxylic acids is 1. The average Bonchev–Trinajstić information content (AvgIpc) is 2.67. The van der Waals surface area contributed by atoms with E-state index >= 15 is 0 Å². The fourth-order valence-corrected chi connectivity index (χ4v) is 3.38. The Hall–Kier alpha value is -3.07. The lowest BCUT2D eigenvalue weighted by Crippen LogP contribution is -2.39. The topological polar surface area (TPSA) is 97.3 Å². The Labute approximate surface area is 177 Å². The zero-order chi connectivity index (χ0) is 22.1. The van der Waals surface area contributed by atoms with Crippen molar-refractivity contribution in [1.29, 1.82) is 0 Å².